The van der Waals surface area contributed by atoms with Crippen LogP contribution in [0, 0.1) is 12.7 Å². The van der Waals surface area contributed by atoms with E-state index in [1.807, 2.05) is 0 Å². The molecule has 2 rings (SSSR count). The number of para-hydroxylation sites is 1. The Labute approximate surface area is 109 Å². The molecule has 0 saturated carbocycles. The molecule has 0 spiro atoms. The van der Waals surface area contributed by atoms with Gasteiger partial charge in [-0.2, -0.15) is 0 Å². The highest BCUT2D eigenvalue weighted by atomic mass is 19.1. The van der Waals surface area contributed by atoms with E-state index in [1.165, 1.54) is 18.2 Å². The molecule has 1 amide bonds. The fourth-order valence-corrected chi connectivity index (χ4v) is 1.64. The summed E-state index contributed by atoms with van der Waals surface area (Å²) in [5.41, 5.74) is 5.45. The predicted molar refractivity (Wildman–Crippen MR) is 67.9 cm³/mol. The molecule has 0 aliphatic rings. The summed E-state index contributed by atoms with van der Waals surface area (Å²) in [6, 6.07) is 3.67. The quantitative estimate of drug-likeness (QED) is 0.832. The summed E-state index contributed by atoms with van der Waals surface area (Å²) >= 11 is 0. The lowest BCUT2D eigenvalue weighted by molar-refractivity contribution is 0.0934. The molecule has 1 aromatic carbocycles. The largest absolute Gasteiger partial charge is 0.444 e. The standard InChI is InChI=1S/C13H14FN3O2/c1-7-6-16-13(19-7)8(2)17-12(18)9-4-3-5-10(14)11(9)15/h3-6,8H,15H2,1-2H3,(H,17,18). The van der Waals surface area contributed by atoms with Crippen LogP contribution < -0.4 is 11.1 Å². The molecule has 2 aromatic rings. The Morgan fingerprint density at radius 2 is 2.26 bits per heavy atom. The van der Waals surface area contributed by atoms with Crippen molar-refractivity contribution in [2.75, 3.05) is 5.73 Å². The molecular weight excluding hydrogens is 249 g/mol. The SMILES string of the molecule is Cc1cnc(C(C)NC(=O)c2cccc(F)c2N)o1. The van der Waals surface area contributed by atoms with Crippen molar-refractivity contribution in [2.24, 2.45) is 0 Å². The number of nitrogens with two attached hydrogens (primary N) is 1. The van der Waals surface area contributed by atoms with Gasteiger partial charge in [-0.25, -0.2) is 9.37 Å². The Hall–Kier alpha value is -2.37. The van der Waals surface area contributed by atoms with Crippen LogP contribution in [0.25, 0.3) is 0 Å². The molecule has 0 bridgehead atoms. The Kier molecular flexibility index (Phi) is 3.50. The number of benzene rings is 1. The number of anilines is 1. The van der Waals surface area contributed by atoms with Crippen molar-refractivity contribution in [3.63, 3.8) is 0 Å². The highest BCUT2D eigenvalue weighted by molar-refractivity contribution is 5.99. The molecule has 5 nitrogen and oxygen atoms in total. The molecule has 1 heterocycles. The number of carbonyl (C=O) groups is 1. The van der Waals surface area contributed by atoms with E-state index in [0.29, 0.717) is 11.7 Å². The van der Waals surface area contributed by atoms with E-state index >= 15 is 0 Å². The van der Waals surface area contributed by atoms with Crippen molar-refractivity contribution < 1.29 is 13.6 Å². The van der Waals surface area contributed by atoms with E-state index in [4.69, 9.17) is 10.2 Å². The fraction of sp³-hybridized carbons (Fsp3) is 0.231. The third kappa shape index (κ3) is 2.73. The lowest BCUT2D eigenvalue weighted by atomic mass is 10.1. The number of aryl methyl sites for hydroxylation is 1. The van der Waals surface area contributed by atoms with E-state index in [1.54, 1.807) is 20.0 Å². The maximum absolute atomic E-state index is 13.3. The van der Waals surface area contributed by atoms with Gasteiger partial charge in [-0.3, -0.25) is 4.79 Å². The lowest BCUT2D eigenvalue weighted by Gasteiger charge is -2.12. The number of aromatic nitrogens is 1. The van der Waals surface area contributed by atoms with Crippen molar-refractivity contribution >= 4 is 11.6 Å². The van der Waals surface area contributed by atoms with Crippen LogP contribution in [0.15, 0.2) is 28.8 Å². The summed E-state index contributed by atoms with van der Waals surface area (Å²) in [4.78, 5) is 16.0. The molecule has 1 unspecified atom stereocenters. The number of halogens is 1. The third-order valence-corrected chi connectivity index (χ3v) is 2.65. The van der Waals surface area contributed by atoms with Gasteiger partial charge in [0.05, 0.1) is 17.4 Å². The number of carbonyl (C=O) groups excluding carboxylic acids is 1. The number of hydrogen-bond acceptors (Lipinski definition) is 4. The van der Waals surface area contributed by atoms with Gasteiger partial charge >= 0.3 is 0 Å². The normalized spacial score (nSPS) is 12.2. The zero-order valence-electron chi connectivity index (χ0n) is 10.6. The van der Waals surface area contributed by atoms with Crippen LogP contribution in [-0.2, 0) is 0 Å². The third-order valence-electron chi connectivity index (χ3n) is 2.65. The first-order valence-corrected chi connectivity index (χ1v) is 5.76. The van der Waals surface area contributed by atoms with Crippen LogP contribution in [0.3, 0.4) is 0 Å². The smallest absolute Gasteiger partial charge is 0.254 e. The molecule has 3 N–H and O–H groups in total. The van der Waals surface area contributed by atoms with Crippen molar-refractivity contribution in [3.8, 4) is 0 Å². The average Bonchev–Trinajstić information content (AvgIpc) is 2.79. The number of nitrogen functional groups attached to an aromatic ring is 1. The van der Waals surface area contributed by atoms with E-state index in [2.05, 4.69) is 10.3 Å². The van der Waals surface area contributed by atoms with Gasteiger partial charge < -0.3 is 15.5 Å². The van der Waals surface area contributed by atoms with Crippen LogP contribution in [0.1, 0.15) is 35.0 Å². The van der Waals surface area contributed by atoms with Gasteiger partial charge in [-0.1, -0.05) is 6.07 Å². The zero-order valence-corrected chi connectivity index (χ0v) is 10.6. The van der Waals surface area contributed by atoms with Gasteiger partial charge in [0, 0.05) is 0 Å². The Balaban J connectivity index is 2.15. The van der Waals surface area contributed by atoms with Crippen molar-refractivity contribution in [1.29, 1.82) is 0 Å². The van der Waals surface area contributed by atoms with E-state index in [-0.39, 0.29) is 11.3 Å². The minimum atomic E-state index is -0.618. The zero-order chi connectivity index (χ0) is 14.0. The number of amides is 1. The van der Waals surface area contributed by atoms with E-state index < -0.39 is 17.8 Å². The second-order valence-corrected chi connectivity index (χ2v) is 4.21. The number of rotatable bonds is 3. The summed E-state index contributed by atoms with van der Waals surface area (Å²) in [7, 11) is 0. The van der Waals surface area contributed by atoms with E-state index in [9.17, 15) is 9.18 Å². The monoisotopic (exact) mass is 263 g/mol. The van der Waals surface area contributed by atoms with Gasteiger partial charge in [0.15, 0.2) is 0 Å². The van der Waals surface area contributed by atoms with Gasteiger partial charge in [-0.15, -0.1) is 0 Å². The second kappa shape index (κ2) is 5.09. The first-order valence-electron chi connectivity index (χ1n) is 5.76. The van der Waals surface area contributed by atoms with Crippen LogP contribution in [0.4, 0.5) is 10.1 Å². The van der Waals surface area contributed by atoms with Crippen molar-refractivity contribution in [3.05, 3.63) is 47.4 Å². The predicted octanol–water partition coefficient (Wildman–Crippen LogP) is 2.20. The number of nitrogens with one attached hydrogen (secondary N) is 1. The minimum Gasteiger partial charge on any atom is -0.444 e. The molecule has 0 radical (unpaired) electrons. The number of oxazole rings is 1. The van der Waals surface area contributed by atoms with Gasteiger partial charge in [0.1, 0.15) is 17.6 Å². The fourth-order valence-electron chi connectivity index (χ4n) is 1.64. The van der Waals surface area contributed by atoms with Gasteiger partial charge in [-0.05, 0) is 26.0 Å². The summed E-state index contributed by atoms with van der Waals surface area (Å²) in [5.74, 6) is -0.0465. The van der Waals surface area contributed by atoms with Crippen molar-refractivity contribution in [2.45, 2.75) is 19.9 Å². The maximum Gasteiger partial charge on any atom is 0.254 e. The van der Waals surface area contributed by atoms with Gasteiger partial charge in [0.2, 0.25) is 5.89 Å². The molecule has 6 heteroatoms. The Morgan fingerprint density at radius 1 is 1.53 bits per heavy atom. The van der Waals surface area contributed by atoms with E-state index in [0.717, 1.165) is 0 Å². The summed E-state index contributed by atoms with van der Waals surface area (Å²) < 4.78 is 18.6. The molecule has 0 aliphatic heterocycles. The summed E-state index contributed by atoms with van der Waals surface area (Å²) in [6.45, 7) is 3.48. The second-order valence-electron chi connectivity index (χ2n) is 4.21. The number of nitrogens with zero attached hydrogens (tertiary/aromatic N) is 1. The van der Waals surface area contributed by atoms with Gasteiger partial charge in [0.25, 0.3) is 5.91 Å². The first-order chi connectivity index (χ1) is 8.99. The van der Waals surface area contributed by atoms with Crippen LogP contribution in [0.5, 0.6) is 0 Å². The topological polar surface area (TPSA) is 81.2 Å². The van der Waals surface area contributed by atoms with Crippen LogP contribution >= 0.6 is 0 Å². The highest BCUT2D eigenvalue weighted by Gasteiger charge is 2.18. The molecule has 0 saturated heterocycles. The van der Waals surface area contributed by atoms with Crippen molar-refractivity contribution in [1.82, 2.24) is 10.3 Å². The average molecular weight is 263 g/mol. The molecule has 0 fully saturated rings. The Bertz CT molecular complexity index is 610. The molecule has 1 atom stereocenters. The molecule has 1 aromatic heterocycles. The summed E-state index contributed by atoms with van der Waals surface area (Å²) in [5, 5.41) is 2.65. The first kappa shape index (κ1) is 13.1. The lowest BCUT2D eigenvalue weighted by Crippen LogP contribution is -2.27. The van der Waals surface area contributed by atoms with Crippen LogP contribution in [-0.4, -0.2) is 10.9 Å². The molecule has 100 valence electrons. The highest BCUT2D eigenvalue weighted by Crippen LogP contribution is 2.18. The summed E-state index contributed by atoms with van der Waals surface area (Å²) in [6.07, 6.45) is 1.56. The van der Waals surface area contributed by atoms with Crippen LogP contribution in [0.2, 0.25) is 0 Å². The minimum absolute atomic E-state index is 0.0927. The molecular formula is C13H14FN3O2. The molecule has 19 heavy (non-hydrogen) atoms. The molecule has 0 aliphatic carbocycles. The Morgan fingerprint density at radius 3 is 2.89 bits per heavy atom. The number of hydrogen-bond donors (Lipinski definition) is 2. The maximum atomic E-state index is 13.3.